The summed E-state index contributed by atoms with van der Waals surface area (Å²) in [5.41, 5.74) is 0. The minimum Gasteiger partial charge on any atom is -0.361 e. The fourth-order valence-electron chi connectivity index (χ4n) is 1.14. The van der Waals surface area contributed by atoms with Crippen LogP contribution >= 0.6 is 11.8 Å². The molecule has 1 heterocycles. The topological polar surface area (TPSA) is 70.6 Å². The van der Waals surface area contributed by atoms with E-state index in [-0.39, 0.29) is 0 Å². The van der Waals surface area contributed by atoms with Gasteiger partial charge in [-0.3, -0.25) is 4.99 Å². The average molecular weight is 251 g/mol. The molecule has 5 nitrogen and oxygen atoms in total. The number of aliphatic imine (C=N–C) groups is 1. The molecule has 0 aromatic rings. The number of nitrogens with zero attached hydrogens (tertiary/aromatic N) is 1. The molecule has 1 atom stereocenters. The summed E-state index contributed by atoms with van der Waals surface area (Å²) >= 11 is 1.69. The van der Waals surface area contributed by atoms with Crippen molar-refractivity contribution in [1.82, 2.24) is 10.0 Å². The van der Waals surface area contributed by atoms with Crippen LogP contribution in [-0.4, -0.2) is 44.7 Å². The van der Waals surface area contributed by atoms with E-state index >= 15 is 0 Å². The van der Waals surface area contributed by atoms with Crippen LogP contribution in [0.3, 0.4) is 0 Å². The predicted octanol–water partition coefficient (Wildman–Crippen LogP) is 0.00660. The van der Waals surface area contributed by atoms with Crippen molar-refractivity contribution in [3.63, 3.8) is 0 Å². The second-order valence-corrected chi connectivity index (χ2v) is 6.26. The van der Waals surface area contributed by atoms with Gasteiger partial charge in [0.1, 0.15) is 0 Å². The predicted molar refractivity (Wildman–Crippen MR) is 64.8 cm³/mol. The number of hydrogen-bond donors (Lipinski definition) is 2. The van der Waals surface area contributed by atoms with Gasteiger partial charge in [-0.1, -0.05) is 18.7 Å². The molecule has 15 heavy (non-hydrogen) atoms. The van der Waals surface area contributed by atoms with Gasteiger partial charge < -0.3 is 5.32 Å². The summed E-state index contributed by atoms with van der Waals surface area (Å²) in [6.07, 6.45) is 2.24. The Kier molecular flexibility index (Phi) is 4.88. The van der Waals surface area contributed by atoms with Crippen molar-refractivity contribution in [2.75, 3.05) is 25.1 Å². The van der Waals surface area contributed by atoms with Gasteiger partial charge in [0.15, 0.2) is 5.17 Å². The molecule has 0 spiro atoms. The van der Waals surface area contributed by atoms with Crippen molar-refractivity contribution in [1.29, 1.82) is 0 Å². The third kappa shape index (κ3) is 5.39. The van der Waals surface area contributed by atoms with Crippen LogP contribution in [0.25, 0.3) is 0 Å². The number of amidine groups is 1. The summed E-state index contributed by atoms with van der Waals surface area (Å²) in [6.45, 7) is 2.98. The molecule has 1 unspecified atom stereocenters. The van der Waals surface area contributed by atoms with Crippen LogP contribution in [0.1, 0.15) is 13.3 Å². The number of hydrogen-bond acceptors (Lipinski definition) is 4. The van der Waals surface area contributed by atoms with E-state index in [2.05, 4.69) is 22.0 Å². The highest BCUT2D eigenvalue weighted by atomic mass is 32.2. The molecule has 1 rings (SSSR count). The van der Waals surface area contributed by atoms with Crippen LogP contribution in [0.4, 0.5) is 0 Å². The Morgan fingerprint density at radius 1 is 1.67 bits per heavy atom. The van der Waals surface area contributed by atoms with E-state index < -0.39 is 10.0 Å². The molecule has 0 radical (unpaired) electrons. The molecule has 1 aliphatic heterocycles. The Morgan fingerprint density at radius 2 is 2.40 bits per heavy atom. The molecule has 1 aliphatic rings. The normalized spacial score (nSPS) is 24.4. The molecule has 1 saturated heterocycles. The first-order valence-corrected chi connectivity index (χ1v) is 7.77. The van der Waals surface area contributed by atoms with Gasteiger partial charge in [-0.25, -0.2) is 13.1 Å². The Bertz CT molecular complexity index is 327. The van der Waals surface area contributed by atoms with Gasteiger partial charge in [-0.05, 0) is 6.42 Å². The third-order valence-corrected chi connectivity index (χ3v) is 3.79. The number of thioether (sulfide) groups is 1. The first-order chi connectivity index (χ1) is 7.01. The Balaban J connectivity index is 2.22. The van der Waals surface area contributed by atoms with Crippen molar-refractivity contribution in [2.24, 2.45) is 4.99 Å². The standard InChI is InChI=1S/C8H17N3O2S2/c1-3-7-6-14-8(11-7)9-4-5-10-15(2,12)13/h7,10H,3-6H2,1-2H3,(H,9,11). The largest absolute Gasteiger partial charge is 0.361 e. The van der Waals surface area contributed by atoms with Crippen molar-refractivity contribution in [3.05, 3.63) is 0 Å². The fraction of sp³-hybridized carbons (Fsp3) is 0.875. The van der Waals surface area contributed by atoms with Crippen LogP contribution in [0, 0.1) is 0 Å². The minimum absolute atomic E-state index is 0.362. The van der Waals surface area contributed by atoms with E-state index in [1.54, 1.807) is 11.8 Å². The lowest BCUT2D eigenvalue weighted by Gasteiger charge is -2.04. The van der Waals surface area contributed by atoms with E-state index in [0.29, 0.717) is 19.1 Å². The Labute approximate surface area is 95.2 Å². The van der Waals surface area contributed by atoms with Crippen LogP contribution in [0.5, 0.6) is 0 Å². The van der Waals surface area contributed by atoms with Crippen LogP contribution in [0.2, 0.25) is 0 Å². The zero-order valence-electron chi connectivity index (χ0n) is 8.99. The van der Waals surface area contributed by atoms with E-state index in [0.717, 1.165) is 23.6 Å². The van der Waals surface area contributed by atoms with Gasteiger partial charge in [0.05, 0.1) is 12.8 Å². The minimum atomic E-state index is -3.08. The SMILES string of the molecule is CCC1CSC(=NCCNS(C)(=O)=O)N1. The maximum atomic E-state index is 10.7. The summed E-state index contributed by atoms with van der Waals surface area (Å²) in [7, 11) is -3.08. The van der Waals surface area contributed by atoms with Gasteiger partial charge in [0.2, 0.25) is 10.0 Å². The maximum Gasteiger partial charge on any atom is 0.208 e. The van der Waals surface area contributed by atoms with Crippen molar-refractivity contribution in [2.45, 2.75) is 19.4 Å². The molecular weight excluding hydrogens is 234 g/mol. The third-order valence-electron chi connectivity index (χ3n) is 1.97. The number of nitrogens with one attached hydrogen (secondary N) is 2. The molecule has 7 heteroatoms. The smallest absolute Gasteiger partial charge is 0.208 e. The highest BCUT2D eigenvalue weighted by Crippen LogP contribution is 2.15. The Morgan fingerprint density at radius 3 is 2.93 bits per heavy atom. The molecule has 0 aliphatic carbocycles. The zero-order chi connectivity index (χ0) is 11.3. The maximum absolute atomic E-state index is 10.7. The van der Waals surface area contributed by atoms with E-state index in [1.165, 1.54) is 0 Å². The van der Waals surface area contributed by atoms with E-state index in [4.69, 9.17) is 0 Å². The lowest BCUT2D eigenvalue weighted by molar-refractivity contribution is 0.588. The molecular formula is C8H17N3O2S2. The summed E-state index contributed by atoms with van der Waals surface area (Å²) < 4.78 is 23.9. The highest BCUT2D eigenvalue weighted by molar-refractivity contribution is 8.14. The Hall–Kier alpha value is -0.270. The summed E-state index contributed by atoms with van der Waals surface area (Å²) in [4.78, 5) is 4.27. The van der Waals surface area contributed by atoms with Crippen LogP contribution in [0.15, 0.2) is 4.99 Å². The number of rotatable bonds is 5. The lowest BCUT2D eigenvalue weighted by Crippen LogP contribution is -2.28. The second kappa shape index (κ2) is 5.72. The fourth-order valence-corrected chi connectivity index (χ4v) is 2.71. The quantitative estimate of drug-likeness (QED) is 0.675. The van der Waals surface area contributed by atoms with Crippen LogP contribution in [-0.2, 0) is 10.0 Å². The highest BCUT2D eigenvalue weighted by Gasteiger charge is 2.17. The van der Waals surface area contributed by atoms with Gasteiger partial charge in [0, 0.05) is 18.3 Å². The molecule has 0 amide bonds. The van der Waals surface area contributed by atoms with Crippen molar-refractivity contribution in [3.8, 4) is 0 Å². The van der Waals surface area contributed by atoms with Gasteiger partial charge >= 0.3 is 0 Å². The summed E-state index contributed by atoms with van der Waals surface area (Å²) in [5, 5.41) is 4.20. The molecule has 88 valence electrons. The van der Waals surface area contributed by atoms with Crippen LogP contribution < -0.4 is 10.0 Å². The van der Waals surface area contributed by atoms with E-state index in [9.17, 15) is 8.42 Å². The van der Waals surface area contributed by atoms with Crippen molar-refractivity contribution >= 4 is 27.0 Å². The molecule has 0 bridgehead atoms. The average Bonchev–Trinajstić information content (AvgIpc) is 2.59. The number of sulfonamides is 1. The monoisotopic (exact) mass is 251 g/mol. The molecule has 0 aromatic heterocycles. The molecule has 2 N–H and O–H groups in total. The van der Waals surface area contributed by atoms with Gasteiger partial charge in [-0.2, -0.15) is 0 Å². The summed E-state index contributed by atoms with van der Waals surface area (Å²) in [6, 6.07) is 0.511. The molecule has 1 fully saturated rings. The molecule has 0 aromatic carbocycles. The van der Waals surface area contributed by atoms with E-state index in [1.807, 2.05) is 0 Å². The second-order valence-electron chi connectivity index (χ2n) is 3.41. The van der Waals surface area contributed by atoms with Crippen molar-refractivity contribution < 1.29 is 8.42 Å². The first kappa shape index (κ1) is 12.8. The lowest BCUT2D eigenvalue weighted by atomic mass is 10.3. The zero-order valence-corrected chi connectivity index (χ0v) is 10.6. The first-order valence-electron chi connectivity index (χ1n) is 4.89. The van der Waals surface area contributed by atoms with Gasteiger partial charge in [-0.15, -0.1) is 0 Å². The molecule has 0 saturated carbocycles. The van der Waals surface area contributed by atoms with Gasteiger partial charge in [0.25, 0.3) is 0 Å². The summed E-state index contributed by atoms with van der Waals surface area (Å²) in [5.74, 6) is 1.05.